The number of fused-ring (bicyclic) bond motifs is 1. The molecule has 2 aliphatic rings. The quantitative estimate of drug-likeness (QED) is 0.868. The highest BCUT2D eigenvalue weighted by Gasteiger charge is 2.48. The molecule has 2 fully saturated rings. The first kappa shape index (κ1) is 11.5. The van der Waals surface area contributed by atoms with Gasteiger partial charge in [0.25, 0.3) is 0 Å². The Bertz CT molecular complexity index is 457. The van der Waals surface area contributed by atoms with Gasteiger partial charge >= 0.3 is 5.97 Å². The smallest absolute Gasteiger partial charge is 0.326 e. The molecule has 1 aromatic heterocycles. The summed E-state index contributed by atoms with van der Waals surface area (Å²) >= 11 is 0. The fraction of sp³-hybridized carbons (Fsp3) is 0.571. The van der Waals surface area contributed by atoms with E-state index in [0.29, 0.717) is 11.8 Å². The summed E-state index contributed by atoms with van der Waals surface area (Å²) in [5.41, 5.74) is 1.10. The number of anilines is 1. The summed E-state index contributed by atoms with van der Waals surface area (Å²) < 4.78 is 0. The van der Waals surface area contributed by atoms with Gasteiger partial charge in [0.2, 0.25) is 0 Å². The van der Waals surface area contributed by atoms with E-state index < -0.39 is 5.97 Å². The molecule has 0 aromatic carbocycles. The second-order valence-electron chi connectivity index (χ2n) is 5.48. The highest BCUT2D eigenvalue weighted by molar-refractivity contribution is 5.79. The van der Waals surface area contributed by atoms with Crippen LogP contribution in [0.2, 0.25) is 0 Å². The van der Waals surface area contributed by atoms with Gasteiger partial charge in [-0.2, -0.15) is 0 Å². The van der Waals surface area contributed by atoms with Crippen LogP contribution in [0.15, 0.2) is 18.3 Å². The summed E-state index contributed by atoms with van der Waals surface area (Å²) in [6.07, 6.45) is 5.19. The third kappa shape index (κ3) is 1.76. The average Bonchev–Trinajstić information content (AvgIpc) is 2.88. The minimum Gasteiger partial charge on any atom is -0.480 e. The highest BCUT2D eigenvalue weighted by atomic mass is 16.4. The van der Waals surface area contributed by atoms with Crippen molar-refractivity contribution < 1.29 is 9.90 Å². The molecule has 1 saturated heterocycles. The Hall–Kier alpha value is -1.58. The van der Waals surface area contributed by atoms with Crippen LogP contribution in [0.4, 0.5) is 5.82 Å². The predicted molar refractivity (Wildman–Crippen MR) is 68.6 cm³/mol. The van der Waals surface area contributed by atoms with Gasteiger partial charge in [-0.15, -0.1) is 0 Å². The van der Waals surface area contributed by atoms with Crippen LogP contribution in [0, 0.1) is 18.8 Å². The van der Waals surface area contributed by atoms with E-state index in [9.17, 15) is 9.90 Å². The Morgan fingerprint density at radius 3 is 2.94 bits per heavy atom. The SMILES string of the molecule is Cc1ccc(N2CC3CCCC3C2C(=O)O)nc1. The number of carboxylic acid groups (broad SMARTS) is 1. The van der Waals surface area contributed by atoms with E-state index in [2.05, 4.69) is 4.98 Å². The van der Waals surface area contributed by atoms with Crippen LogP contribution in [0.3, 0.4) is 0 Å². The lowest BCUT2D eigenvalue weighted by Gasteiger charge is -2.25. The summed E-state index contributed by atoms with van der Waals surface area (Å²) in [4.78, 5) is 17.9. The number of hydrogen-bond acceptors (Lipinski definition) is 3. The molecule has 4 nitrogen and oxygen atoms in total. The maximum atomic E-state index is 11.5. The first-order valence-electron chi connectivity index (χ1n) is 6.59. The molecule has 1 saturated carbocycles. The van der Waals surface area contributed by atoms with Crippen molar-refractivity contribution in [1.82, 2.24) is 4.98 Å². The Kier molecular flexibility index (Phi) is 2.73. The molecule has 3 atom stereocenters. The summed E-state index contributed by atoms with van der Waals surface area (Å²) in [6.45, 7) is 2.84. The summed E-state index contributed by atoms with van der Waals surface area (Å²) in [5, 5.41) is 9.48. The molecule has 3 rings (SSSR count). The van der Waals surface area contributed by atoms with Gasteiger partial charge in [-0.25, -0.2) is 9.78 Å². The molecule has 18 heavy (non-hydrogen) atoms. The third-order valence-electron chi connectivity index (χ3n) is 4.33. The van der Waals surface area contributed by atoms with Gasteiger partial charge in [-0.1, -0.05) is 12.5 Å². The lowest BCUT2D eigenvalue weighted by molar-refractivity contribution is -0.139. The van der Waals surface area contributed by atoms with Crippen molar-refractivity contribution >= 4 is 11.8 Å². The van der Waals surface area contributed by atoms with Crippen molar-refractivity contribution in [2.45, 2.75) is 32.2 Å². The zero-order chi connectivity index (χ0) is 12.7. The lowest BCUT2D eigenvalue weighted by atomic mass is 9.94. The highest BCUT2D eigenvalue weighted by Crippen LogP contribution is 2.43. The van der Waals surface area contributed by atoms with Crippen LogP contribution in [-0.4, -0.2) is 28.6 Å². The minimum absolute atomic E-state index is 0.311. The van der Waals surface area contributed by atoms with Gasteiger partial charge < -0.3 is 10.0 Å². The number of aliphatic carboxylic acids is 1. The van der Waals surface area contributed by atoms with Crippen LogP contribution in [0.25, 0.3) is 0 Å². The zero-order valence-electron chi connectivity index (χ0n) is 10.5. The topological polar surface area (TPSA) is 53.4 Å². The molecule has 0 spiro atoms. The molecule has 1 N–H and O–H groups in total. The van der Waals surface area contributed by atoms with E-state index in [1.807, 2.05) is 30.2 Å². The van der Waals surface area contributed by atoms with Crippen LogP contribution < -0.4 is 4.90 Å². The second kappa shape index (κ2) is 4.26. The van der Waals surface area contributed by atoms with Crippen molar-refractivity contribution in [3.63, 3.8) is 0 Å². The van der Waals surface area contributed by atoms with Crippen molar-refractivity contribution in [3.8, 4) is 0 Å². The van der Waals surface area contributed by atoms with Gasteiger partial charge in [0, 0.05) is 12.7 Å². The van der Waals surface area contributed by atoms with E-state index in [1.165, 1.54) is 6.42 Å². The molecular formula is C14H18N2O2. The maximum absolute atomic E-state index is 11.5. The molecule has 0 amide bonds. The maximum Gasteiger partial charge on any atom is 0.326 e. The summed E-state index contributed by atoms with van der Waals surface area (Å²) in [5.74, 6) is 0.953. The Balaban J connectivity index is 1.91. The zero-order valence-corrected chi connectivity index (χ0v) is 10.5. The number of carbonyl (C=O) groups is 1. The number of rotatable bonds is 2. The molecule has 1 aliphatic carbocycles. The number of hydrogen-bond donors (Lipinski definition) is 1. The predicted octanol–water partition coefficient (Wildman–Crippen LogP) is 2.08. The van der Waals surface area contributed by atoms with Gasteiger partial charge in [-0.05, 0) is 43.2 Å². The van der Waals surface area contributed by atoms with Gasteiger partial charge in [-0.3, -0.25) is 0 Å². The van der Waals surface area contributed by atoms with Gasteiger partial charge in [0.1, 0.15) is 11.9 Å². The van der Waals surface area contributed by atoms with E-state index in [4.69, 9.17) is 0 Å². The molecule has 3 unspecified atom stereocenters. The molecule has 1 aromatic rings. The van der Waals surface area contributed by atoms with E-state index in [0.717, 1.165) is 30.8 Å². The van der Waals surface area contributed by atoms with Crippen LogP contribution in [0.5, 0.6) is 0 Å². The number of carboxylic acids is 1. The first-order chi connectivity index (χ1) is 8.66. The van der Waals surface area contributed by atoms with Crippen LogP contribution in [-0.2, 0) is 4.79 Å². The van der Waals surface area contributed by atoms with Crippen molar-refractivity contribution in [2.24, 2.45) is 11.8 Å². The molecule has 4 heteroatoms. The van der Waals surface area contributed by atoms with E-state index >= 15 is 0 Å². The Morgan fingerprint density at radius 1 is 1.44 bits per heavy atom. The Morgan fingerprint density at radius 2 is 2.28 bits per heavy atom. The van der Waals surface area contributed by atoms with E-state index in [-0.39, 0.29) is 6.04 Å². The molecular weight excluding hydrogens is 228 g/mol. The second-order valence-corrected chi connectivity index (χ2v) is 5.48. The molecule has 0 radical (unpaired) electrons. The average molecular weight is 246 g/mol. The number of aromatic nitrogens is 1. The molecule has 1 aliphatic heterocycles. The monoisotopic (exact) mass is 246 g/mol. The lowest BCUT2D eigenvalue weighted by Crippen LogP contribution is -2.40. The summed E-state index contributed by atoms with van der Waals surface area (Å²) in [6, 6.07) is 3.55. The third-order valence-corrected chi connectivity index (χ3v) is 4.33. The minimum atomic E-state index is -0.702. The molecule has 2 heterocycles. The molecule has 0 bridgehead atoms. The largest absolute Gasteiger partial charge is 0.480 e. The van der Waals surface area contributed by atoms with Crippen molar-refractivity contribution in [1.29, 1.82) is 0 Å². The number of nitrogens with zero attached hydrogens (tertiary/aromatic N) is 2. The van der Waals surface area contributed by atoms with Crippen LogP contribution in [0.1, 0.15) is 24.8 Å². The first-order valence-corrected chi connectivity index (χ1v) is 6.59. The fourth-order valence-electron chi connectivity index (χ4n) is 3.49. The van der Waals surface area contributed by atoms with Gasteiger partial charge in [0.15, 0.2) is 0 Å². The Labute approximate surface area is 107 Å². The number of aryl methyl sites for hydroxylation is 1. The standard InChI is InChI=1S/C14H18N2O2/c1-9-5-6-12(15-7-9)16-8-10-3-2-4-11(10)13(16)14(17)18/h5-7,10-11,13H,2-4,8H2,1H3,(H,17,18). The van der Waals surface area contributed by atoms with Crippen molar-refractivity contribution in [2.75, 3.05) is 11.4 Å². The van der Waals surface area contributed by atoms with E-state index in [1.54, 1.807) is 0 Å². The molecule has 96 valence electrons. The fourth-order valence-corrected chi connectivity index (χ4v) is 3.49. The van der Waals surface area contributed by atoms with Gasteiger partial charge in [0.05, 0.1) is 0 Å². The van der Waals surface area contributed by atoms with Crippen LogP contribution >= 0.6 is 0 Å². The summed E-state index contributed by atoms with van der Waals surface area (Å²) in [7, 11) is 0. The van der Waals surface area contributed by atoms with Crippen molar-refractivity contribution in [3.05, 3.63) is 23.9 Å². The normalized spacial score (nSPS) is 30.5. The number of pyridine rings is 1.